The molecule has 4 nitrogen and oxygen atoms in total. The summed E-state index contributed by atoms with van der Waals surface area (Å²) in [5.74, 6) is 0. The SMILES string of the molecule is O=[Si]([O-])[O-].[Mg+2].[Na+].[OH-]. The minimum absolute atomic E-state index is 0. The minimum atomic E-state index is -3.63. The Morgan fingerprint density at radius 2 is 1.29 bits per heavy atom. The molecule has 0 aromatic heterocycles. The van der Waals surface area contributed by atoms with Crippen molar-refractivity contribution in [3.8, 4) is 0 Å². The van der Waals surface area contributed by atoms with Gasteiger partial charge in [0.25, 0.3) is 0 Å². The first kappa shape index (κ1) is 23.8. The van der Waals surface area contributed by atoms with Gasteiger partial charge in [-0.05, 0) is 0 Å². The summed E-state index contributed by atoms with van der Waals surface area (Å²) in [4.78, 5) is 17.0. The van der Waals surface area contributed by atoms with Crippen LogP contribution in [-0.2, 0) is 4.46 Å². The summed E-state index contributed by atoms with van der Waals surface area (Å²) in [6, 6.07) is 0. The molecule has 0 spiro atoms. The van der Waals surface area contributed by atoms with Crippen LogP contribution in [0, 0.1) is 0 Å². The van der Waals surface area contributed by atoms with Gasteiger partial charge in [-0.15, -0.1) is 0 Å². The van der Waals surface area contributed by atoms with Gasteiger partial charge in [0, 0.05) is 9.17 Å². The van der Waals surface area contributed by atoms with Crippen molar-refractivity contribution in [3.63, 3.8) is 0 Å². The molecule has 0 bridgehead atoms. The van der Waals surface area contributed by atoms with Crippen LogP contribution in [0.2, 0.25) is 0 Å². The predicted octanol–water partition coefficient (Wildman–Crippen LogP) is -6.43. The molecule has 0 fully saturated rings. The summed E-state index contributed by atoms with van der Waals surface area (Å²) in [7, 11) is -3.63. The smallest absolute Gasteiger partial charge is 0.870 e. The van der Waals surface area contributed by atoms with E-state index in [1.165, 1.54) is 0 Å². The maximum absolute atomic E-state index is 8.52. The maximum atomic E-state index is 8.52. The molecule has 0 saturated carbocycles. The van der Waals surface area contributed by atoms with E-state index in [9.17, 15) is 0 Å². The van der Waals surface area contributed by atoms with E-state index in [1.807, 2.05) is 0 Å². The molecular formula is HMgNaO4Si. The second-order valence-electron chi connectivity index (χ2n) is 0.250. The largest absolute Gasteiger partial charge is 2.00 e. The topological polar surface area (TPSA) is 93.2 Å². The molecular weight excluding hydrogens is 139 g/mol. The van der Waals surface area contributed by atoms with Crippen LogP contribution in [0.15, 0.2) is 0 Å². The van der Waals surface area contributed by atoms with E-state index in [1.54, 1.807) is 0 Å². The van der Waals surface area contributed by atoms with Crippen LogP contribution in [-0.4, -0.2) is 37.7 Å². The maximum Gasteiger partial charge on any atom is 2.00 e. The van der Waals surface area contributed by atoms with Gasteiger partial charge in [-0.1, -0.05) is 0 Å². The van der Waals surface area contributed by atoms with Gasteiger partial charge in [-0.2, -0.15) is 0 Å². The molecule has 0 atom stereocenters. The number of rotatable bonds is 0. The standard InChI is InChI=1S/Mg.Na.O3Si.H2O/c;;1-4(2)3;/h;;;1H2/q+2;+1;-2;/p-1. The van der Waals surface area contributed by atoms with E-state index >= 15 is 0 Å². The van der Waals surface area contributed by atoms with E-state index in [0.29, 0.717) is 0 Å². The number of hydrogen-bond donors (Lipinski definition) is 0. The van der Waals surface area contributed by atoms with Crippen LogP contribution in [0.25, 0.3) is 0 Å². The van der Waals surface area contributed by atoms with Crippen molar-refractivity contribution >= 4 is 32.2 Å². The van der Waals surface area contributed by atoms with E-state index in [0.717, 1.165) is 0 Å². The van der Waals surface area contributed by atoms with Gasteiger partial charge >= 0.3 is 52.6 Å². The Labute approximate surface area is 80.6 Å². The number of hydrogen-bond acceptors (Lipinski definition) is 4. The van der Waals surface area contributed by atoms with Crippen molar-refractivity contribution in [2.24, 2.45) is 0 Å². The molecule has 1 N–H and O–H groups in total. The van der Waals surface area contributed by atoms with Gasteiger partial charge < -0.3 is 19.5 Å². The molecule has 0 rings (SSSR count). The van der Waals surface area contributed by atoms with Gasteiger partial charge in [0.2, 0.25) is 0 Å². The molecule has 0 radical (unpaired) electrons. The van der Waals surface area contributed by atoms with Crippen molar-refractivity contribution < 1.29 is 49.1 Å². The fourth-order valence-corrected chi connectivity index (χ4v) is 0. The van der Waals surface area contributed by atoms with E-state index in [-0.39, 0.29) is 58.1 Å². The zero-order valence-corrected chi connectivity index (χ0v) is 8.29. The van der Waals surface area contributed by atoms with Crippen LogP contribution >= 0.6 is 0 Å². The molecule has 0 saturated heterocycles. The van der Waals surface area contributed by atoms with Gasteiger partial charge in [0.05, 0.1) is 0 Å². The first-order valence-electron chi connectivity index (χ1n) is 0.612. The Morgan fingerprint density at radius 3 is 1.29 bits per heavy atom. The Morgan fingerprint density at radius 1 is 1.29 bits per heavy atom. The summed E-state index contributed by atoms with van der Waals surface area (Å²) < 4.78 is 8.52. The van der Waals surface area contributed by atoms with Crippen LogP contribution < -0.4 is 39.1 Å². The summed E-state index contributed by atoms with van der Waals surface area (Å²) in [6.07, 6.45) is 0. The van der Waals surface area contributed by atoms with Crippen molar-refractivity contribution in [3.05, 3.63) is 0 Å². The zero-order chi connectivity index (χ0) is 3.58. The molecule has 0 aliphatic heterocycles. The molecule has 7 heteroatoms. The summed E-state index contributed by atoms with van der Waals surface area (Å²) >= 11 is 0. The van der Waals surface area contributed by atoms with E-state index in [4.69, 9.17) is 14.1 Å². The molecule has 0 aromatic rings. The summed E-state index contributed by atoms with van der Waals surface area (Å²) in [6.45, 7) is 0. The Hall–Kier alpha value is 1.34. The molecule has 0 aliphatic rings. The van der Waals surface area contributed by atoms with Crippen molar-refractivity contribution in [2.45, 2.75) is 0 Å². The average molecular weight is 140 g/mol. The van der Waals surface area contributed by atoms with E-state index in [2.05, 4.69) is 0 Å². The Bertz CT molecular complexity index is 34.7. The second-order valence-corrected chi connectivity index (χ2v) is 0.750. The Balaban J connectivity index is -0.0000000150. The van der Waals surface area contributed by atoms with Crippen LogP contribution in [0.5, 0.6) is 0 Å². The van der Waals surface area contributed by atoms with Crippen LogP contribution in [0.1, 0.15) is 0 Å². The third-order valence-corrected chi connectivity index (χ3v) is 0. The third-order valence-electron chi connectivity index (χ3n) is 0. The van der Waals surface area contributed by atoms with Crippen molar-refractivity contribution in [1.82, 2.24) is 0 Å². The van der Waals surface area contributed by atoms with Gasteiger partial charge in [0.15, 0.2) is 0 Å². The van der Waals surface area contributed by atoms with Crippen molar-refractivity contribution in [2.75, 3.05) is 0 Å². The first-order chi connectivity index (χ1) is 1.73. The monoisotopic (exact) mass is 140 g/mol. The van der Waals surface area contributed by atoms with Gasteiger partial charge in [0.1, 0.15) is 0 Å². The molecule has 0 heterocycles. The summed E-state index contributed by atoms with van der Waals surface area (Å²) in [5.41, 5.74) is 0. The first-order valence-corrected chi connectivity index (χ1v) is 1.84. The van der Waals surface area contributed by atoms with Crippen molar-refractivity contribution in [1.29, 1.82) is 0 Å². The van der Waals surface area contributed by atoms with Crippen LogP contribution in [0.4, 0.5) is 0 Å². The minimum Gasteiger partial charge on any atom is -0.870 e. The Kier molecular flexibility index (Phi) is 53.4. The molecule has 0 aromatic carbocycles. The summed E-state index contributed by atoms with van der Waals surface area (Å²) in [5, 5.41) is 0. The molecule has 0 amide bonds. The predicted molar refractivity (Wildman–Crippen MR) is 14.1 cm³/mol. The fourth-order valence-electron chi connectivity index (χ4n) is 0. The van der Waals surface area contributed by atoms with E-state index < -0.39 is 9.17 Å². The normalized spacial score (nSPS) is 3.43. The third kappa shape index (κ3) is 116. The zero-order valence-electron chi connectivity index (χ0n) is 3.88. The van der Waals surface area contributed by atoms with Gasteiger partial charge in [-0.3, -0.25) is 0 Å². The molecule has 32 valence electrons. The quantitative estimate of drug-likeness (QED) is 0.313. The molecule has 0 unspecified atom stereocenters. The average Bonchev–Trinajstić information content (AvgIpc) is 0.811. The van der Waals surface area contributed by atoms with Gasteiger partial charge in [-0.25, -0.2) is 0 Å². The fraction of sp³-hybridized carbons (Fsp3) is 0. The molecule has 7 heavy (non-hydrogen) atoms. The molecule has 0 aliphatic carbocycles. The second kappa shape index (κ2) is 15.7. The van der Waals surface area contributed by atoms with Crippen LogP contribution in [0.3, 0.4) is 0 Å².